The van der Waals surface area contributed by atoms with Crippen LogP contribution in [0.5, 0.6) is 0 Å². The zero-order valence-electron chi connectivity index (χ0n) is 14.2. The van der Waals surface area contributed by atoms with Gasteiger partial charge in [-0.3, -0.25) is 19.3 Å². The highest BCUT2D eigenvalue weighted by Crippen LogP contribution is 2.13. The molecule has 1 heterocycles. The smallest absolute Gasteiger partial charge is 0.324 e. The Bertz CT molecular complexity index is 646. The van der Waals surface area contributed by atoms with Crippen molar-refractivity contribution in [2.75, 3.05) is 25.0 Å². The molecule has 0 radical (unpaired) electrons. The average molecular weight is 347 g/mol. The third-order valence-corrected chi connectivity index (χ3v) is 3.83. The summed E-state index contributed by atoms with van der Waals surface area (Å²) >= 11 is 0. The number of para-hydroxylation sites is 1. The van der Waals surface area contributed by atoms with Gasteiger partial charge in [-0.25, -0.2) is 4.79 Å². The number of hydrogen-bond donors (Lipinski definition) is 1. The maximum Gasteiger partial charge on any atom is 0.324 e. The van der Waals surface area contributed by atoms with Gasteiger partial charge in [-0.1, -0.05) is 18.2 Å². The van der Waals surface area contributed by atoms with Gasteiger partial charge in [0.1, 0.15) is 0 Å². The van der Waals surface area contributed by atoms with Gasteiger partial charge in [0.2, 0.25) is 5.91 Å². The molecule has 0 aliphatic carbocycles. The van der Waals surface area contributed by atoms with Crippen LogP contribution in [0.25, 0.3) is 0 Å². The van der Waals surface area contributed by atoms with Crippen molar-refractivity contribution in [3.8, 4) is 0 Å². The predicted molar refractivity (Wildman–Crippen MR) is 89.8 cm³/mol. The van der Waals surface area contributed by atoms with Gasteiger partial charge in [-0.15, -0.1) is 0 Å². The minimum absolute atomic E-state index is 0.0133. The van der Waals surface area contributed by atoms with E-state index in [1.807, 2.05) is 18.2 Å². The topological polar surface area (TPSA) is 96.0 Å². The Kier molecular flexibility index (Phi) is 6.10. The number of nitrogens with one attached hydrogen (secondary N) is 1. The summed E-state index contributed by atoms with van der Waals surface area (Å²) in [5.74, 6) is -1.20. The van der Waals surface area contributed by atoms with Crippen molar-refractivity contribution in [3.63, 3.8) is 0 Å². The number of rotatable bonds is 7. The fourth-order valence-corrected chi connectivity index (χ4v) is 2.42. The average Bonchev–Trinajstić information content (AvgIpc) is 2.93. The number of benzene rings is 1. The number of ether oxygens (including phenoxy) is 1. The van der Waals surface area contributed by atoms with E-state index in [4.69, 9.17) is 4.74 Å². The lowest BCUT2D eigenvalue weighted by Gasteiger charge is -2.21. The number of carbonyl (C=O) groups excluding carboxylic acids is 4. The molecule has 0 unspecified atom stereocenters. The fraction of sp³-hybridized carbons (Fsp3) is 0.412. The summed E-state index contributed by atoms with van der Waals surface area (Å²) in [4.78, 5) is 49.4. The van der Waals surface area contributed by atoms with Gasteiger partial charge in [0.15, 0.2) is 6.10 Å². The van der Waals surface area contributed by atoms with Gasteiger partial charge in [0, 0.05) is 25.7 Å². The lowest BCUT2D eigenvalue weighted by Crippen LogP contribution is -2.37. The first-order chi connectivity index (χ1) is 11.9. The van der Waals surface area contributed by atoms with Crippen molar-refractivity contribution < 1.29 is 23.9 Å². The van der Waals surface area contributed by atoms with Crippen LogP contribution in [0.1, 0.15) is 19.8 Å². The van der Waals surface area contributed by atoms with Crippen LogP contribution in [0.3, 0.4) is 0 Å². The van der Waals surface area contributed by atoms with Gasteiger partial charge < -0.3 is 15.0 Å². The number of esters is 1. The molecule has 1 atom stereocenters. The number of anilines is 1. The Balaban J connectivity index is 1.76. The number of hydrogen-bond acceptors (Lipinski definition) is 5. The number of likely N-dealkylation sites (N-methyl/N-ethyl adjacent to an activating group) is 1. The van der Waals surface area contributed by atoms with Crippen LogP contribution < -0.4 is 10.2 Å². The molecule has 0 aromatic heterocycles. The molecule has 4 amide bonds. The normalized spacial score (nSPS) is 14.9. The molecular weight excluding hydrogens is 326 g/mol. The predicted octanol–water partition coefficient (Wildman–Crippen LogP) is 0.913. The van der Waals surface area contributed by atoms with E-state index >= 15 is 0 Å². The van der Waals surface area contributed by atoms with Crippen LogP contribution in [-0.4, -0.2) is 55.0 Å². The zero-order valence-corrected chi connectivity index (χ0v) is 14.2. The van der Waals surface area contributed by atoms with Crippen molar-refractivity contribution in [3.05, 3.63) is 30.3 Å². The lowest BCUT2D eigenvalue weighted by molar-refractivity contribution is -0.154. The van der Waals surface area contributed by atoms with Gasteiger partial charge in [0.25, 0.3) is 5.91 Å². The Hall–Kier alpha value is -2.90. The molecule has 1 N–H and O–H groups in total. The first-order valence-electron chi connectivity index (χ1n) is 8.00. The molecule has 1 aliphatic rings. The molecule has 0 saturated carbocycles. The number of urea groups is 1. The van der Waals surface area contributed by atoms with Crippen molar-refractivity contribution in [1.82, 2.24) is 10.2 Å². The van der Waals surface area contributed by atoms with E-state index < -0.39 is 18.1 Å². The van der Waals surface area contributed by atoms with Gasteiger partial charge in [-0.05, 0) is 25.5 Å². The quantitative estimate of drug-likeness (QED) is 0.584. The monoisotopic (exact) mass is 347 g/mol. The summed E-state index contributed by atoms with van der Waals surface area (Å²) in [6.45, 7) is 1.64. The molecule has 8 heteroatoms. The Morgan fingerprint density at radius 2 is 1.96 bits per heavy atom. The van der Waals surface area contributed by atoms with E-state index in [1.165, 1.54) is 11.8 Å². The maximum absolute atomic E-state index is 12.3. The standard InChI is InChI=1S/C17H21N3O5/c1-12(16(23)19(2)13-7-4-3-5-8-13)25-15(22)9-6-10-20-14(21)11-18-17(20)24/h3-5,7-8,12H,6,9-11H2,1-2H3,(H,18,24)/t12-/m0/s1. The summed E-state index contributed by atoms with van der Waals surface area (Å²) < 4.78 is 5.14. The maximum atomic E-state index is 12.3. The SMILES string of the molecule is C[C@H](OC(=O)CCCN1C(=O)CNC1=O)C(=O)N(C)c1ccccc1. The first-order valence-corrected chi connectivity index (χ1v) is 8.00. The van der Waals surface area contributed by atoms with E-state index in [2.05, 4.69) is 5.32 Å². The number of nitrogens with zero attached hydrogens (tertiary/aromatic N) is 2. The number of carbonyl (C=O) groups is 4. The summed E-state index contributed by atoms with van der Waals surface area (Å²) in [5, 5.41) is 2.40. The molecule has 1 aromatic carbocycles. The summed E-state index contributed by atoms with van der Waals surface area (Å²) in [5.41, 5.74) is 0.703. The summed E-state index contributed by atoms with van der Waals surface area (Å²) in [6, 6.07) is 8.58. The second-order valence-corrected chi connectivity index (χ2v) is 5.67. The molecular formula is C17H21N3O5. The summed E-state index contributed by atoms with van der Waals surface area (Å²) in [7, 11) is 1.61. The molecule has 2 rings (SSSR count). The first kappa shape index (κ1) is 18.4. The molecule has 1 aliphatic heterocycles. The third kappa shape index (κ3) is 4.79. The largest absolute Gasteiger partial charge is 0.453 e. The van der Waals surface area contributed by atoms with Crippen LogP contribution in [0, 0.1) is 0 Å². The molecule has 0 spiro atoms. The highest BCUT2D eigenvalue weighted by atomic mass is 16.5. The van der Waals surface area contributed by atoms with Crippen molar-refractivity contribution in [2.24, 2.45) is 0 Å². The molecule has 1 aromatic rings. The van der Waals surface area contributed by atoms with Crippen LogP contribution in [0.4, 0.5) is 10.5 Å². The van der Waals surface area contributed by atoms with Crippen LogP contribution in [0.15, 0.2) is 30.3 Å². The van der Waals surface area contributed by atoms with E-state index in [1.54, 1.807) is 19.2 Å². The van der Waals surface area contributed by atoms with E-state index in [9.17, 15) is 19.2 Å². The Labute approximate surface area is 145 Å². The van der Waals surface area contributed by atoms with Gasteiger partial charge in [0.05, 0.1) is 6.54 Å². The van der Waals surface area contributed by atoms with Crippen LogP contribution in [-0.2, 0) is 19.1 Å². The molecule has 1 fully saturated rings. The van der Waals surface area contributed by atoms with Crippen molar-refractivity contribution in [1.29, 1.82) is 0 Å². The number of imide groups is 1. The minimum atomic E-state index is -0.922. The fourth-order valence-electron chi connectivity index (χ4n) is 2.42. The lowest BCUT2D eigenvalue weighted by atomic mass is 10.2. The van der Waals surface area contributed by atoms with Crippen LogP contribution >= 0.6 is 0 Å². The molecule has 8 nitrogen and oxygen atoms in total. The molecule has 134 valence electrons. The van der Waals surface area contributed by atoms with Gasteiger partial charge in [-0.2, -0.15) is 0 Å². The van der Waals surface area contributed by atoms with Crippen molar-refractivity contribution in [2.45, 2.75) is 25.9 Å². The Morgan fingerprint density at radius 1 is 1.28 bits per heavy atom. The van der Waals surface area contributed by atoms with E-state index in [0.717, 1.165) is 4.90 Å². The van der Waals surface area contributed by atoms with E-state index in [-0.39, 0.29) is 37.7 Å². The second-order valence-electron chi connectivity index (χ2n) is 5.67. The molecule has 0 bridgehead atoms. The van der Waals surface area contributed by atoms with Gasteiger partial charge >= 0.3 is 12.0 Å². The second kappa shape index (κ2) is 8.27. The minimum Gasteiger partial charge on any atom is -0.453 e. The Morgan fingerprint density at radius 3 is 2.56 bits per heavy atom. The summed E-state index contributed by atoms with van der Waals surface area (Å²) in [6.07, 6.45) is -0.619. The van der Waals surface area contributed by atoms with Crippen molar-refractivity contribution >= 4 is 29.5 Å². The highest BCUT2D eigenvalue weighted by molar-refractivity contribution is 6.02. The van der Waals surface area contributed by atoms with E-state index in [0.29, 0.717) is 5.69 Å². The highest BCUT2D eigenvalue weighted by Gasteiger charge is 2.28. The zero-order chi connectivity index (χ0) is 18.4. The molecule has 1 saturated heterocycles. The van der Waals surface area contributed by atoms with Crippen LogP contribution in [0.2, 0.25) is 0 Å². The third-order valence-electron chi connectivity index (χ3n) is 3.83. The molecule has 25 heavy (non-hydrogen) atoms. The number of amides is 4.